The number of hydrogen-bond donors (Lipinski definition) is 0. The molecule has 0 bridgehead atoms. The molecular weight excluding hydrogens is 438 g/mol. The molecule has 0 N–H and O–H groups in total. The van der Waals surface area contributed by atoms with Crippen LogP contribution in [0.25, 0.3) is 0 Å². The Bertz CT molecular complexity index is 1280. The number of pyridine rings is 1. The minimum Gasteiger partial charge on any atom is -0.487 e. The molecule has 2 aliphatic rings. The Hall–Kier alpha value is -3.80. The molecule has 2 atom stereocenters. The minimum atomic E-state index is -0.486. The molecule has 0 radical (unpaired) electrons. The third-order valence-corrected chi connectivity index (χ3v) is 6.69. The molecular formula is C29H29N3O3. The van der Waals surface area contributed by atoms with Crippen LogP contribution in [0.15, 0.2) is 77.9 Å². The van der Waals surface area contributed by atoms with Crippen LogP contribution in [-0.2, 0) is 16.2 Å². The minimum absolute atomic E-state index is 0.119. The SMILES string of the molecule is CC(=O)N1c2ccccc2N=C2CC(C)(C)CC(=O)C2C1c1ccc(OCc2ccccn2)cc1. The highest BCUT2D eigenvalue weighted by molar-refractivity contribution is 6.12. The van der Waals surface area contributed by atoms with E-state index in [1.807, 2.05) is 66.7 Å². The summed E-state index contributed by atoms with van der Waals surface area (Å²) in [7, 11) is 0. The van der Waals surface area contributed by atoms with E-state index in [9.17, 15) is 9.59 Å². The highest BCUT2D eigenvalue weighted by atomic mass is 16.5. The van der Waals surface area contributed by atoms with Crippen molar-refractivity contribution >= 4 is 28.8 Å². The van der Waals surface area contributed by atoms with Gasteiger partial charge in [0.05, 0.1) is 29.0 Å². The first-order valence-electron chi connectivity index (χ1n) is 11.9. The van der Waals surface area contributed by atoms with Gasteiger partial charge in [-0.1, -0.05) is 44.2 Å². The zero-order valence-corrected chi connectivity index (χ0v) is 20.3. The van der Waals surface area contributed by atoms with Gasteiger partial charge in [0, 0.05) is 25.3 Å². The van der Waals surface area contributed by atoms with Gasteiger partial charge in [0.1, 0.15) is 18.1 Å². The molecule has 2 heterocycles. The number of aromatic nitrogens is 1. The maximum Gasteiger partial charge on any atom is 0.224 e. The Labute approximate surface area is 205 Å². The van der Waals surface area contributed by atoms with Crippen LogP contribution < -0.4 is 9.64 Å². The zero-order chi connectivity index (χ0) is 24.6. The lowest BCUT2D eigenvalue weighted by Gasteiger charge is -2.40. The van der Waals surface area contributed by atoms with Crippen molar-refractivity contribution < 1.29 is 14.3 Å². The van der Waals surface area contributed by atoms with Crippen LogP contribution in [0.5, 0.6) is 5.75 Å². The Kier molecular flexibility index (Phi) is 5.97. The lowest BCUT2D eigenvalue weighted by Crippen LogP contribution is -2.46. The molecule has 6 heteroatoms. The summed E-state index contributed by atoms with van der Waals surface area (Å²) in [6.07, 6.45) is 2.91. The predicted octanol–water partition coefficient (Wildman–Crippen LogP) is 5.85. The van der Waals surface area contributed by atoms with Crippen LogP contribution in [0.3, 0.4) is 0 Å². The summed E-state index contributed by atoms with van der Waals surface area (Å²) in [5, 5.41) is 0. The van der Waals surface area contributed by atoms with Gasteiger partial charge in [-0.3, -0.25) is 19.6 Å². The molecule has 1 aromatic heterocycles. The number of fused-ring (bicyclic) bond motifs is 2. The maximum absolute atomic E-state index is 13.6. The van der Waals surface area contributed by atoms with Gasteiger partial charge in [-0.25, -0.2) is 0 Å². The largest absolute Gasteiger partial charge is 0.487 e. The third kappa shape index (κ3) is 4.61. The summed E-state index contributed by atoms with van der Waals surface area (Å²) >= 11 is 0. The molecule has 5 rings (SSSR count). The first-order valence-corrected chi connectivity index (χ1v) is 11.9. The molecule has 1 aliphatic heterocycles. The van der Waals surface area contributed by atoms with Crippen LogP contribution in [0.2, 0.25) is 0 Å². The van der Waals surface area contributed by atoms with E-state index in [0.29, 0.717) is 25.2 Å². The van der Waals surface area contributed by atoms with Gasteiger partial charge in [0.15, 0.2) is 0 Å². The highest BCUT2D eigenvalue weighted by Gasteiger charge is 2.47. The van der Waals surface area contributed by atoms with Crippen molar-refractivity contribution in [1.29, 1.82) is 0 Å². The summed E-state index contributed by atoms with van der Waals surface area (Å²) in [4.78, 5) is 37.6. The average molecular weight is 468 g/mol. The van der Waals surface area contributed by atoms with E-state index in [4.69, 9.17) is 9.73 Å². The molecule has 0 spiro atoms. The van der Waals surface area contributed by atoms with Gasteiger partial charge in [0.2, 0.25) is 5.91 Å². The number of carbonyl (C=O) groups is 2. The first-order chi connectivity index (χ1) is 16.8. The van der Waals surface area contributed by atoms with Gasteiger partial charge >= 0.3 is 0 Å². The van der Waals surface area contributed by atoms with E-state index in [2.05, 4.69) is 18.8 Å². The molecule has 2 unspecified atom stereocenters. The second kappa shape index (κ2) is 9.10. The fourth-order valence-corrected chi connectivity index (χ4v) is 5.22. The Morgan fingerprint density at radius 2 is 1.77 bits per heavy atom. The average Bonchev–Trinajstić information content (AvgIpc) is 2.97. The van der Waals surface area contributed by atoms with Crippen molar-refractivity contribution in [3.05, 3.63) is 84.2 Å². The number of nitrogens with zero attached hydrogens (tertiary/aromatic N) is 3. The Balaban J connectivity index is 1.54. The Morgan fingerprint density at radius 1 is 1.03 bits per heavy atom. The second-order valence-electron chi connectivity index (χ2n) is 10.1. The number of aliphatic imine (C=N–C) groups is 1. The highest BCUT2D eigenvalue weighted by Crippen LogP contribution is 2.48. The predicted molar refractivity (Wildman–Crippen MR) is 136 cm³/mol. The monoisotopic (exact) mass is 467 g/mol. The molecule has 1 fully saturated rings. The van der Waals surface area contributed by atoms with Crippen molar-refractivity contribution in [2.45, 2.75) is 46.3 Å². The molecule has 2 aromatic carbocycles. The summed E-state index contributed by atoms with van der Waals surface area (Å²) in [5.74, 6) is 0.221. The molecule has 178 valence electrons. The number of amides is 1. The molecule has 35 heavy (non-hydrogen) atoms. The Morgan fingerprint density at radius 3 is 2.49 bits per heavy atom. The molecule has 1 aliphatic carbocycles. The molecule has 1 saturated carbocycles. The second-order valence-corrected chi connectivity index (χ2v) is 10.1. The summed E-state index contributed by atoms with van der Waals surface area (Å²) < 4.78 is 5.91. The van der Waals surface area contributed by atoms with E-state index in [-0.39, 0.29) is 17.1 Å². The van der Waals surface area contributed by atoms with Crippen molar-refractivity contribution in [3.63, 3.8) is 0 Å². The van der Waals surface area contributed by atoms with E-state index in [1.165, 1.54) is 0 Å². The summed E-state index contributed by atoms with van der Waals surface area (Å²) in [6, 6.07) is 20.6. The van der Waals surface area contributed by atoms with Crippen molar-refractivity contribution in [2.75, 3.05) is 4.90 Å². The number of para-hydroxylation sites is 2. The normalized spacial score (nSPS) is 20.8. The molecule has 3 aromatic rings. The number of ether oxygens (including phenoxy) is 1. The molecule has 1 amide bonds. The standard InChI is InChI=1S/C29H29N3O3/c1-19(33)32-25-10-5-4-9-23(25)31-24-16-29(2,3)17-26(34)27(24)28(32)20-11-13-22(14-12-20)35-18-21-8-6-7-15-30-21/h4-15,27-28H,16-18H2,1-3H3. The smallest absolute Gasteiger partial charge is 0.224 e. The van der Waals surface area contributed by atoms with Gasteiger partial charge in [-0.15, -0.1) is 0 Å². The zero-order valence-electron chi connectivity index (χ0n) is 20.3. The topological polar surface area (TPSA) is 71.9 Å². The lowest BCUT2D eigenvalue weighted by molar-refractivity contribution is -0.124. The lowest BCUT2D eigenvalue weighted by atomic mass is 9.68. The van der Waals surface area contributed by atoms with Crippen molar-refractivity contribution in [1.82, 2.24) is 4.98 Å². The van der Waals surface area contributed by atoms with Crippen LogP contribution >= 0.6 is 0 Å². The number of anilines is 1. The summed E-state index contributed by atoms with van der Waals surface area (Å²) in [5.41, 5.74) is 3.87. The van der Waals surface area contributed by atoms with Crippen LogP contribution in [-0.4, -0.2) is 22.4 Å². The van der Waals surface area contributed by atoms with Gasteiger partial charge in [-0.2, -0.15) is 0 Å². The number of carbonyl (C=O) groups excluding carboxylic acids is 2. The van der Waals surface area contributed by atoms with Gasteiger partial charge < -0.3 is 9.64 Å². The van der Waals surface area contributed by atoms with E-state index in [1.54, 1.807) is 18.0 Å². The van der Waals surface area contributed by atoms with Crippen LogP contribution in [0, 0.1) is 11.3 Å². The number of benzene rings is 2. The number of rotatable bonds is 4. The van der Waals surface area contributed by atoms with Gasteiger partial charge in [0.25, 0.3) is 0 Å². The number of Topliss-reactive ketones (excluding diaryl/α,β-unsaturated/α-hetero) is 1. The number of ketones is 1. The van der Waals surface area contributed by atoms with E-state index >= 15 is 0 Å². The van der Waals surface area contributed by atoms with Crippen molar-refractivity contribution in [3.8, 4) is 5.75 Å². The van der Waals surface area contributed by atoms with Crippen LogP contribution in [0.1, 0.15) is 50.9 Å². The van der Waals surface area contributed by atoms with E-state index < -0.39 is 12.0 Å². The fourth-order valence-electron chi connectivity index (χ4n) is 5.22. The third-order valence-electron chi connectivity index (χ3n) is 6.69. The maximum atomic E-state index is 13.6. The molecule has 6 nitrogen and oxygen atoms in total. The fraction of sp³-hybridized carbons (Fsp3) is 0.310. The number of hydrogen-bond acceptors (Lipinski definition) is 5. The molecule has 0 saturated heterocycles. The van der Waals surface area contributed by atoms with Crippen molar-refractivity contribution in [2.24, 2.45) is 16.3 Å². The van der Waals surface area contributed by atoms with E-state index in [0.717, 1.165) is 28.3 Å². The van der Waals surface area contributed by atoms with Crippen LogP contribution in [0.4, 0.5) is 11.4 Å². The summed E-state index contributed by atoms with van der Waals surface area (Å²) in [6.45, 7) is 6.12. The quantitative estimate of drug-likeness (QED) is 0.483. The van der Waals surface area contributed by atoms with Gasteiger partial charge in [-0.05, 0) is 53.8 Å². The first kappa shape index (κ1) is 23.0.